The quantitative estimate of drug-likeness (QED) is 0.757. The third-order valence-electron chi connectivity index (χ3n) is 4.15. The monoisotopic (exact) mass is 306 g/mol. The number of urea groups is 1. The minimum atomic E-state index is -0.723. The Morgan fingerprint density at radius 1 is 1.32 bits per heavy atom. The first-order valence-corrected chi connectivity index (χ1v) is 8.02. The van der Waals surface area contributed by atoms with E-state index in [0.29, 0.717) is 13.2 Å². The highest BCUT2D eigenvalue weighted by atomic mass is 16.5. The largest absolute Gasteiger partial charge is 0.494 e. The first-order chi connectivity index (χ1) is 10.5. The van der Waals surface area contributed by atoms with Crippen LogP contribution in [0.4, 0.5) is 4.79 Å². The third-order valence-corrected chi connectivity index (χ3v) is 4.15. The van der Waals surface area contributed by atoms with Crippen molar-refractivity contribution in [3.05, 3.63) is 29.8 Å². The number of hydrogen-bond acceptors (Lipinski definition) is 3. The Morgan fingerprint density at radius 3 is 2.55 bits per heavy atom. The Bertz CT molecular complexity index is 481. The summed E-state index contributed by atoms with van der Waals surface area (Å²) in [4.78, 5) is 11.9. The topological polar surface area (TPSA) is 70.6 Å². The van der Waals surface area contributed by atoms with E-state index in [1.54, 1.807) is 0 Å². The second-order valence-corrected chi connectivity index (χ2v) is 5.98. The third kappa shape index (κ3) is 4.63. The lowest BCUT2D eigenvalue weighted by atomic mass is 10.0. The summed E-state index contributed by atoms with van der Waals surface area (Å²) in [6.07, 6.45) is 3.59. The van der Waals surface area contributed by atoms with E-state index in [4.69, 9.17) is 4.74 Å². The number of carbonyl (C=O) groups is 1. The van der Waals surface area contributed by atoms with Crippen molar-refractivity contribution in [2.75, 3.05) is 13.2 Å². The van der Waals surface area contributed by atoms with Crippen LogP contribution in [-0.2, 0) is 0 Å². The van der Waals surface area contributed by atoms with E-state index in [1.165, 1.54) is 0 Å². The van der Waals surface area contributed by atoms with Gasteiger partial charge in [-0.2, -0.15) is 0 Å². The molecule has 22 heavy (non-hydrogen) atoms. The predicted molar refractivity (Wildman–Crippen MR) is 86.0 cm³/mol. The predicted octanol–water partition coefficient (Wildman–Crippen LogP) is 2.75. The van der Waals surface area contributed by atoms with E-state index in [9.17, 15) is 9.90 Å². The SMILES string of the molecule is CCOc1ccc(C(C)NC(=O)NCC2(O)CCCC2)cc1. The smallest absolute Gasteiger partial charge is 0.315 e. The molecule has 1 aliphatic rings. The number of amides is 2. The highest BCUT2D eigenvalue weighted by Crippen LogP contribution is 2.28. The van der Waals surface area contributed by atoms with Crippen molar-refractivity contribution in [1.82, 2.24) is 10.6 Å². The molecule has 1 fully saturated rings. The van der Waals surface area contributed by atoms with Crippen LogP contribution in [-0.4, -0.2) is 29.9 Å². The fraction of sp³-hybridized carbons (Fsp3) is 0.588. The highest BCUT2D eigenvalue weighted by molar-refractivity contribution is 5.74. The lowest BCUT2D eigenvalue weighted by molar-refractivity contribution is 0.0500. The second kappa shape index (κ2) is 7.49. The van der Waals surface area contributed by atoms with Crippen LogP contribution in [0, 0.1) is 0 Å². The summed E-state index contributed by atoms with van der Waals surface area (Å²) >= 11 is 0. The van der Waals surface area contributed by atoms with E-state index in [0.717, 1.165) is 37.0 Å². The molecule has 5 heteroatoms. The first kappa shape index (κ1) is 16.6. The standard InChI is InChI=1S/C17H26N2O3/c1-3-22-15-8-6-14(7-9-15)13(2)19-16(20)18-12-17(21)10-4-5-11-17/h6-9,13,21H,3-5,10-12H2,1-2H3,(H2,18,19,20). The number of benzene rings is 1. The van der Waals surface area contributed by atoms with Crippen molar-refractivity contribution in [2.24, 2.45) is 0 Å². The van der Waals surface area contributed by atoms with Gasteiger partial charge in [-0.15, -0.1) is 0 Å². The molecule has 0 heterocycles. The maximum atomic E-state index is 11.9. The molecule has 0 aliphatic heterocycles. The Morgan fingerprint density at radius 2 is 1.95 bits per heavy atom. The van der Waals surface area contributed by atoms with Crippen molar-refractivity contribution in [1.29, 1.82) is 0 Å². The molecule has 0 saturated heterocycles. The lowest BCUT2D eigenvalue weighted by Gasteiger charge is -2.23. The van der Waals surface area contributed by atoms with Crippen LogP contribution in [0.15, 0.2) is 24.3 Å². The molecule has 5 nitrogen and oxygen atoms in total. The van der Waals surface area contributed by atoms with Crippen LogP contribution in [0.25, 0.3) is 0 Å². The summed E-state index contributed by atoms with van der Waals surface area (Å²) in [6, 6.07) is 7.34. The molecule has 1 aliphatic carbocycles. The van der Waals surface area contributed by atoms with Crippen LogP contribution < -0.4 is 15.4 Å². The molecule has 1 aromatic rings. The molecule has 1 aromatic carbocycles. The van der Waals surface area contributed by atoms with Crippen LogP contribution in [0.5, 0.6) is 5.75 Å². The van der Waals surface area contributed by atoms with Gasteiger partial charge in [0.1, 0.15) is 5.75 Å². The summed E-state index contributed by atoms with van der Waals surface area (Å²) < 4.78 is 5.40. The molecule has 122 valence electrons. The van der Waals surface area contributed by atoms with Crippen LogP contribution in [0.1, 0.15) is 51.1 Å². The molecule has 1 unspecified atom stereocenters. The Kier molecular flexibility index (Phi) is 5.66. The van der Waals surface area contributed by atoms with Crippen LogP contribution in [0.3, 0.4) is 0 Å². The van der Waals surface area contributed by atoms with Gasteiger partial charge in [-0.1, -0.05) is 25.0 Å². The molecule has 0 aromatic heterocycles. The number of hydrogen-bond donors (Lipinski definition) is 3. The van der Waals surface area contributed by atoms with Crippen LogP contribution >= 0.6 is 0 Å². The van der Waals surface area contributed by atoms with Gasteiger partial charge in [-0.3, -0.25) is 0 Å². The van der Waals surface area contributed by atoms with Crippen molar-refractivity contribution in [3.8, 4) is 5.75 Å². The summed E-state index contributed by atoms with van der Waals surface area (Å²) in [7, 11) is 0. The summed E-state index contributed by atoms with van der Waals surface area (Å²) in [5.74, 6) is 0.825. The molecule has 1 atom stereocenters. The zero-order chi connectivity index (χ0) is 16.0. The van der Waals surface area contributed by atoms with Crippen LogP contribution in [0.2, 0.25) is 0 Å². The second-order valence-electron chi connectivity index (χ2n) is 5.98. The van der Waals surface area contributed by atoms with Crippen molar-refractivity contribution in [3.63, 3.8) is 0 Å². The van der Waals surface area contributed by atoms with Crippen molar-refractivity contribution < 1.29 is 14.6 Å². The Balaban J connectivity index is 1.80. The minimum Gasteiger partial charge on any atom is -0.494 e. The first-order valence-electron chi connectivity index (χ1n) is 8.02. The van der Waals surface area contributed by atoms with Gasteiger partial charge in [0, 0.05) is 6.54 Å². The average Bonchev–Trinajstić information content (AvgIpc) is 2.94. The normalized spacial score (nSPS) is 17.8. The van der Waals surface area contributed by atoms with Gasteiger partial charge >= 0.3 is 6.03 Å². The highest BCUT2D eigenvalue weighted by Gasteiger charge is 2.31. The Labute approximate surface area is 132 Å². The van der Waals surface area contributed by atoms with Crippen molar-refractivity contribution in [2.45, 2.75) is 51.2 Å². The van der Waals surface area contributed by atoms with Gasteiger partial charge < -0.3 is 20.5 Å². The summed E-state index contributed by atoms with van der Waals surface area (Å²) in [5, 5.41) is 15.9. The number of aliphatic hydroxyl groups is 1. The fourth-order valence-electron chi connectivity index (χ4n) is 2.81. The number of carbonyl (C=O) groups excluding carboxylic acids is 1. The van der Waals surface area contributed by atoms with E-state index < -0.39 is 5.60 Å². The van der Waals surface area contributed by atoms with E-state index in [1.807, 2.05) is 38.1 Å². The fourth-order valence-corrected chi connectivity index (χ4v) is 2.81. The minimum absolute atomic E-state index is 0.103. The van der Waals surface area contributed by atoms with Gasteiger partial charge in [0.05, 0.1) is 18.2 Å². The molecule has 0 bridgehead atoms. The van der Waals surface area contributed by atoms with Crippen molar-refractivity contribution >= 4 is 6.03 Å². The van der Waals surface area contributed by atoms with Gasteiger partial charge in [-0.05, 0) is 44.4 Å². The van der Waals surface area contributed by atoms with E-state index in [2.05, 4.69) is 10.6 Å². The molecular formula is C17H26N2O3. The number of nitrogens with one attached hydrogen (secondary N) is 2. The molecule has 3 N–H and O–H groups in total. The number of rotatable bonds is 6. The van der Waals surface area contributed by atoms with Gasteiger partial charge in [0.25, 0.3) is 0 Å². The van der Waals surface area contributed by atoms with Gasteiger partial charge in [0.15, 0.2) is 0 Å². The van der Waals surface area contributed by atoms with Gasteiger partial charge in [-0.25, -0.2) is 4.79 Å². The lowest BCUT2D eigenvalue weighted by Crippen LogP contribution is -2.45. The molecule has 2 amide bonds. The maximum absolute atomic E-state index is 11.9. The molecule has 0 radical (unpaired) electrons. The number of ether oxygens (including phenoxy) is 1. The van der Waals surface area contributed by atoms with E-state index >= 15 is 0 Å². The molecular weight excluding hydrogens is 280 g/mol. The summed E-state index contributed by atoms with van der Waals surface area (Å²) in [5.41, 5.74) is 0.290. The van der Waals surface area contributed by atoms with E-state index in [-0.39, 0.29) is 12.1 Å². The maximum Gasteiger partial charge on any atom is 0.315 e. The van der Waals surface area contributed by atoms with Gasteiger partial charge in [0.2, 0.25) is 0 Å². The zero-order valence-corrected chi connectivity index (χ0v) is 13.4. The zero-order valence-electron chi connectivity index (χ0n) is 13.4. The molecule has 2 rings (SSSR count). The molecule has 0 spiro atoms. The average molecular weight is 306 g/mol. The Hall–Kier alpha value is -1.75. The molecule has 1 saturated carbocycles. The summed E-state index contributed by atoms with van der Waals surface area (Å²) in [6.45, 7) is 4.83.